The highest BCUT2D eigenvalue weighted by Crippen LogP contribution is 2.66. The summed E-state index contributed by atoms with van der Waals surface area (Å²) in [5, 5.41) is 2.17. The summed E-state index contributed by atoms with van der Waals surface area (Å²) < 4.78 is 10.8. The third kappa shape index (κ3) is 3.36. The first-order valence-electron chi connectivity index (χ1n) is 12.2. The normalized spacial score (nSPS) is 29.9. The molecule has 0 spiro atoms. The minimum Gasteiger partial charge on any atom is -0.496 e. The van der Waals surface area contributed by atoms with E-state index in [1.165, 1.54) is 62.3 Å². The number of hydrogen-bond donors (Lipinski definition) is 0. The number of methoxy groups -OCH3 is 2. The Bertz CT molecular complexity index is 1240. The first-order valence-corrected chi connectivity index (χ1v) is 12.2. The van der Waals surface area contributed by atoms with Crippen LogP contribution in [-0.2, 0) is 10.2 Å². The third-order valence-corrected chi connectivity index (χ3v) is 8.72. The zero-order valence-corrected chi connectivity index (χ0v) is 19.8. The van der Waals surface area contributed by atoms with Gasteiger partial charge in [-0.25, -0.2) is 4.79 Å². The van der Waals surface area contributed by atoms with Crippen LogP contribution in [0.15, 0.2) is 54.6 Å². The van der Waals surface area contributed by atoms with Gasteiger partial charge in [0.05, 0.1) is 19.8 Å². The number of benzene rings is 3. The summed E-state index contributed by atoms with van der Waals surface area (Å²) in [4.78, 5) is 11.9. The summed E-state index contributed by atoms with van der Waals surface area (Å²) in [5.74, 6) is 2.49. The van der Waals surface area contributed by atoms with Crippen molar-refractivity contribution in [3.63, 3.8) is 0 Å². The van der Waals surface area contributed by atoms with Crippen LogP contribution >= 0.6 is 0 Å². The van der Waals surface area contributed by atoms with E-state index < -0.39 is 0 Å². The Kier molecular flexibility index (Phi) is 4.62. The van der Waals surface area contributed by atoms with E-state index in [1.807, 2.05) is 25.3 Å². The molecule has 3 aromatic rings. The van der Waals surface area contributed by atoms with Crippen LogP contribution in [0.3, 0.4) is 0 Å². The van der Waals surface area contributed by atoms with Crippen molar-refractivity contribution in [2.24, 2.45) is 17.3 Å². The van der Waals surface area contributed by atoms with Gasteiger partial charge in [0.15, 0.2) is 0 Å². The Morgan fingerprint density at radius 1 is 0.848 bits per heavy atom. The molecule has 3 heteroatoms. The monoisotopic (exact) mass is 440 g/mol. The van der Waals surface area contributed by atoms with Crippen LogP contribution in [0, 0.1) is 17.3 Å². The minimum absolute atomic E-state index is 0.256. The van der Waals surface area contributed by atoms with Crippen molar-refractivity contribution in [3.8, 4) is 16.9 Å². The maximum Gasteiger partial charge on any atom is 0.337 e. The largest absolute Gasteiger partial charge is 0.496 e. The lowest BCUT2D eigenvalue weighted by molar-refractivity contribution is -0.0622. The summed E-state index contributed by atoms with van der Waals surface area (Å²) in [5.41, 5.74) is 5.19. The molecule has 2 atom stereocenters. The van der Waals surface area contributed by atoms with Gasteiger partial charge in [-0.15, -0.1) is 0 Å². The second-order valence-electron chi connectivity index (χ2n) is 11.2. The van der Waals surface area contributed by atoms with Crippen LogP contribution in [0.1, 0.15) is 61.4 Å². The average Bonchev–Trinajstić information content (AvgIpc) is 2.81. The van der Waals surface area contributed by atoms with Gasteiger partial charge in [0.2, 0.25) is 0 Å². The van der Waals surface area contributed by atoms with Crippen molar-refractivity contribution in [1.29, 1.82) is 0 Å². The highest BCUT2D eigenvalue weighted by molar-refractivity contribution is 5.96. The molecule has 0 aliphatic heterocycles. The van der Waals surface area contributed by atoms with Crippen molar-refractivity contribution in [2.45, 2.75) is 50.9 Å². The summed E-state index contributed by atoms with van der Waals surface area (Å²) >= 11 is 0. The van der Waals surface area contributed by atoms with E-state index in [-0.39, 0.29) is 11.4 Å². The molecule has 4 aliphatic rings. The van der Waals surface area contributed by atoms with E-state index in [2.05, 4.69) is 43.3 Å². The Labute approximate surface area is 196 Å². The fourth-order valence-electron chi connectivity index (χ4n) is 8.01. The molecule has 3 aromatic carbocycles. The quantitative estimate of drug-likeness (QED) is 0.404. The van der Waals surface area contributed by atoms with Crippen molar-refractivity contribution in [3.05, 3.63) is 65.7 Å². The predicted octanol–water partition coefficient (Wildman–Crippen LogP) is 7.16. The average molecular weight is 441 g/mol. The SMILES string of the molecule is COC(=O)c1ccc2cc(-c3ccc(OC)c(C45CC6CC(CC(C)(C6)C4)C5)c3)ccc2c1. The summed E-state index contributed by atoms with van der Waals surface area (Å²) in [6, 6.07) is 19.0. The lowest BCUT2D eigenvalue weighted by Crippen LogP contribution is -2.53. The second-order valence-corrected chi connectivity index (χ2v) is 11.2. The van der Waals surface area contributed by atoms with Crippen LogP contribution in [0.2, 0.25) is 0 Å². The number of fused-ring (bicyclic) bond motifs is 1. The van der Waals surface area contributed by atoms with Crippen molar-refractivity contribution >= 4 is 16.7 Å². The van der Waals surface area contributed by atoms with Gasteiger partial charge >= 0.3 is 5.97 Å². The van der Waals surface area contributed by atoms with Gasteiger partial charge in [0.25, 0.3) is 0 Å². The molecule has 33 heavy (non-hydrogen) atoms. The molecular formula is C30H32O3. The van der Waals surface area contributed by atoms with E-state index in [1.54, 1.807) is 0 Å². The molecule has 0 amide bonds. The van der Waals surface area contributed by atoms with Crippen molar-refractivity contribution in [2.75, 3.05) is 14.2 Å². The molecule has 7 rings (SSSR count). The topological polar surface area (TPSA) is 35.5 Å². The van der Waals surface area contributed by atoms with Gasteiger partial charge in [-0.1, -0.05) is 31.2 Å². The van der Waals surface area contributed by atoms with Gasteiger partial charge in [-0.05, 0) is 108 Å². The van der Waals surface area contributed by atoms with E-state index in [0.29, 0.717) is 11.0 Å². The second kappa shape index (κ2) is 7.35. The fraction of sp³-hybridized carbons (Fsp3) is 0.433. The molecule has 0 saturated heterocycles. The van der Waals surface area contributed by atoms with Gasteiger partial charge in [0.1, 0.15) is 5.75 Å². The summed E-state index contributed by atoms with van der Waals surface area (Å²) in [6.45, 7) is 2.53. The van der Waals surface area contributed by atoms with Crippen LogP contribution < -0.4 is 4.74 Å². The Balaban J connectivity index is 1.42. The first kappa shape index (κ1) is 20.8. The summed E-state index contributed by atoms with van der Waals surface area (Å²) in [6.07, 6.45) is 8.16. The number of carbonyl (C=O) groups is 1. The van der Waals surface area contributed by atoms with Crippen LogP contribution in [0.5, 0.6) is 5.75 Å². The van der Waals surface area contributed by atoms with Gasteiger partial charge in [0, 0.05) is 11.0 Å². The molecule has 0 heterocycles. The maximum absolute atomic E-state index is 11.9. The Hall–Kier alpha value is -2.81. The summed E-state index contributed by atoms with van der Waals surface area (Å²) in [7, 11) is 3.23. The fourth-order valence-corrected chi connectivity index (χ4v) is 8.01. The molecule has 0 aromatic heterocycles. The number of rotatable bonds is 4. The lowest BCUT2D eigenvalue weighted by Gasteiger charge is -2.61. The lowest BCUT2D eigenvalue weighted by atomic mass is 9.43. The number of hydrogen-bond acceptors (Lipinski definition) is 3. The Morgan fingerprint density at radius 3 is 2.21 bits per heavy atom. The third-order valence-electron chi connectivity index (χ3n) is 8.72. The molecule has 0 N–H and O–H groups in total. The van der Waals surface area contributed by atoms with Crippen LogP contribution in [0.25, 0.3) is 21.9 Å². The number of ether oxygens (including phenoxy) is 2. The molecule has 4 aliphatic carbocycles. The smallest absolute Gasteiger partial charge is 0.337 e. The Morgan fingerprint density at radius 2 is 1.52 bits per heavy atom. The molecule has 2 unspecified atom stereocenters. The zero-order valence-electron chi connectivity index (χ0n) is 19.8. The van der Waals surface area contributed by atoms with Crippen molar-refractivity contribution in [1.82, 2.24) is 0 Å². The highest BCUT2D eigenvalue weighted by Gasteiger charge is 2.57. The standard InChI is InChI=1S/C30H32O3/c1-29-14-19-10-20(15-29)17-30(16-19,18-29)26-13-24(8-9-27(26)32-2)22-4-5-23-12-25(28(31)33-3)7-6-21(23)11-22/h4-9,11-13,19-20H,10,14-18H2,1-3H3. The van der Waals surface area contributed by atoms with Crippen molar-refractivity contribution < 1.29 is 14.3 Å². The molecule has 4 saturated carbocycles. The molecular weight excluding hydrogens is 408 g/mol. The minimum atomic E-state index is -0.301. The molecule has 3 nitrogen and oxygen atoms in total. The number of esters is 1. The first-order chi connectivity index (χ1) is 15.9. The molecule has 4 bridgehead atoms. The van der Waals surface area contributed by atoms with Gasteiger partial charge in [-0.2, -0.15) is 0 Å². The predicted molar refractivity (Wildman–Crippen MR) is 132 cm³/mol. The highest BCUT2D eigenvalue weighted by atomic mass is 16.5. The maximum atomic E-state index is 11.9. The van der Waals surface area contributed by atoms with E-state index >= 15 is 0 Å². The molecule has 0 radical (unpaired) electrons. The van der Waals surface area contributed by atoms with E-state index in [9.17, 15) is 4.79 Å². The van der Waals surface area contributed by atoms with Gasteiger partial charge in [-0.3, -0.25) is 0 Å². The molecule has 170 valence electrons. The van der Waals surface area contributed by atoms with Crippen LogP contribution in [-0.4, -0.2) is 20.2 Å². The van der Waals surface area contributed by atoms with E-state index in [4.69, 9.17) is 9.47 Å². The van der Waals surface area contributed by atoms with E-state index in [0.717, 1.165) is 28.4 Å². The molecule has 4 fully saturated rings. The van der Waals surface area contributed by atoms with Gasteiger partial charge < -0.3 is 9.47 Å². The van der Waals surface area contributed by atoms with Crippen LogP contribution in [0.4, 0.5) is 0 Å². The zero-order chi connectivity index (χ0) is 22.8. The number of carbonyl (C=O) groups excluding carboxylic acids is 1.